The third-order valence-electron chi connectivity index (χ3n) is 6.52. The smallest absolute Gasteiger partial charge is 0.326 e. The van der Waals surface area contributed by atoms with Crippen LogP contribution in [-0.4, -0.2) is 25.0 Å². The van der Waals surface area contributed by atoms with Crippen LogP contribution in [0, 0.1) is 0 Å². The van der Waals surface area contributed by atoms with E-state index in [1.54, 1.807) is 4.57 Å². The van der Waals surface area contributed by atoms with Gasteiger partial charge in [-0.15, -0.1) is 0 Å². The number of imidazole rings is 1. The van der Waals surface area contributed by atoms with Crippen molar-refractivity contribution in [2.75, 3.05) is 5.32 Å². The fourth-order valence-electron chi connectivity index (χ4n) is 4.52. The summed E-state index contributed by atoms with van der Waals surface area (Å²) in [5.74, 6) is 0.595. The molecule has 35 heavy (non-hydrogen) atoms. The molecule has 0 aliphatic carbocycles. The average molecular weight is 482 g/mol. The standard InChI is InChI=1S/C27H39N5O3/c1-5-9-11-18-31-21(28-25-24(31)26(34)30-27(35)32(25)17-10-6-2)15-16-22(33)29-23-19(7-3)13-12-14-20(23)8-4/h12-14H,5-11,15-18H2,1-4H3,(H,29,33)(H,30,34,35). The first-order valence-electron chi connectivity index (χ1n) is 13.1. The molecular weight excluding hydrogens is 442 g/mol. The van der Waals surface area contributed by atoms with Crippen LogP contribution in [0.5, 0.6) is 0 Å². The minimum atomic E-state index is -0.429. The number of benzene rings is 1. The van der Waals surface area contributed by atoms with Crippen LogP contribution in [0.15, 0.2) is 27.8 Å². The van der Waals surface area contributed by atoms with Gasteiger partial charge in [0.05, 0.1) is 0 Å². The van der Waals surface area contributed by atoms with E-state index in [0.29, 0.717) is 36.5 Å². The molecule has 0 bridgehead atoms. The Morgan fingerprint density at radius 3 is 2.23 bits per heavy atom. The maximum atomic E-state index is 13.0. The summed E-state index contributed by atoms with van der Waals surface area (Å²) >= 11 is 0. The molecule has 0 aliphatic rings. The van der Waals surface area contributed by atoms with Gasteiger partial charge in [0.15, 0.2) is 11.2 Å². The zero-order chi connectivity index (χ0) is 25.4. The fraction of sp³-hybridized carbons (Fsp3) is 0.556. The second-order valence-corrected chi connectivity index (χ2v) is 9.03. The van der Waals surface area contributed by atoms with Gasteiger partial charge < -0.3 is 9.88 Å². The number of carbonyl (C=O) groups excluding carboxylic acids is 1. The van der Waals surface area contributed by atoms with Crippen molar-refractivity contribution in [3.63, 3.8) is 0 Å². The van der Waals surface area contributed by atoms with Gasteiger partial charge in [-0.25, -0.2) is 9.78 Å². The average Bonchev–Trinajstić information content (AvgIpc) is 3.21. The molecule has 1 amide bonds. The van der Waals surface area contributed by atoms with Gasteiger partial charge in [0.1, 0.15) is 5.82 Å². The third-order valence-corrected chi connectivity index (χ3v) is 6.52. The lowest BCUT2D eigenvalue weighted by molar-refractivity contribution is -0.116. The Hall–Kier alpha value is -3.16. The van der Waals surface area contributed by atoms with E-state index in [9.17, 15) is 14.4 Å². The molecule has 0 aliphatic heterocycles. The zero-order valence-corrected chi connectivity index (χ0v) is 21.6. The van der Waals surface area contributed by atoms with E-state index in [4.69, 9.17) is 4.98 Å². The number of nitrogens with zero attached hydrogens (tertiary/aromatic N) is 3. The van der Waals surface area contributed by atoms with Crippen LogP contribution < -0.4 is 16.6 Å². The highest BCUT2D eigenvalue weighted by molar-refractivity contribution is 5.92. The quantitative estimate of drug-likeness (QED) is 0.349. The summed E-state index contributed by atoms with van der Waals surface area (Å²) in [7, 11) is 0. The SMILES string of the molecule is CCCCCn1c(CCC(=O)Nc2c(CC)cccc2CC)nc2c1c(=O)[nH]c(=O)n2CCCC. The number of anilines is 1. The summed E-state index contributed by atoms with van der Waals surface area (Å²) in [5, 5.41) is 3.12. The Morgan fingerprint density at radius 1 is 0.943 bits per heavy atom. The molecule has 1 aromatic carbocycles. The Morgan fingerprint density at radius 2 is 1.60 bits per heavy atom. The monoisotopic (exact) mass is 481 g/mol. The predicted molar refractivity (Wildman–Crippen MR) is 141 cm³/mol. The van der Waals surface area contributed by atoms with Gasteiger partial charge in [0, 0.05) is 31.6 Å². The summed E-state index contributed by atoms with van der Waals surface area (Å²) < 4.78 is 3.47. The molecule has 0 radical (unpaired) electrons. The number of unbranched alkanes of at least 4 members (excludes halogenated alkanes) is 3. The highest BCUT2D eigenvalue weighted by Gasteiger charge is 2.19. The van der Waals surface area contributed by atoms with Crippen molar-refractivity contribution in [2.24, 2.45) is 0 Å². The van der Waals surface area contributed by atoms with E-state index >= 15 is 0 Å². The van der Waals surface area contributed by atoms with Gasteiger partial charge in [-0.3, -0.25) is 19.1 Å². The van der Waals surface area contributed by atoms with E-state index < -0.39 is 11.2 Å². The van der Waals surface area contributed by atoms with Gasteiger partial charge in [-0.2, -0.15) is 0 Å². The molecule has 2 N–H and O–H groups in total. The van der Waals surface area contributed by atoms with Crippen molar-refractivity contribution in [2.45, 2.75) is 98.6 Å². The van der Waals surface area contributed by atoms with Crippen molar-refractivity contribution in [3.05, 3.63) is 56.0 Å². The molecule has 8 nitrogen and oxygen atoms in total. The number of amides is 1. The Bertz CT molecular complexity index is 1250. The van der Waals surface area contributed by atoms with Gasteiger partial charge in [0.2, 0.25) is 5.91 Å². The van der Waals surface area contributed by atoms with E-state index in [1.807, 2.05) is 22.8 Å². The van der Waals surface area contributed by atoms with E-state index in [-0.39, 0.29) is 12.3 Å². The number of hydrogen-bond donors (Lipinski definition) is 2. The summed E-state index contributed by atoms with van der Waals surface area (Å²) in [5.41, 5.74) is 3.15. The molecule has 3 rings (SSSR count). The molecular formula is C27H39N5O3. The predicted octanol–water partition coefficient (Wildman–Crippen LogP) is 4.57. The van der Waals surface area contributed by atoms with E-state index in [1.165, 1.54) is 0 Å². The topological polar surface area (TPSA) is 102 Å². The lowest BCUT2D eigenvalue weighted by atomic mass is 10.0. The third kappa shape index (κ3) is 6.10. The lowest BCUT2D eigenvalue weighted by Gasteiger charge is -2.14. The van der Waals surface area contributed by atoms with Crippen LogP contribution in [0.25, 0.3) is 11.2 Å². The Kier molecular flexibility index (Phi) is 9.46. The van der Waals surface area contributed by atoms with Crippen molar-refractivity contribution in [3.8, 4) is 0 Å². The number of hydrogen-bond acceptors (Lipinski definition) is 4. The minimum Gasteiger partial charge on any atom is -0.326 e. The molecule has 2 aromatic heterocycles. The maximum Gasteiger partial charge on any atom is 0.330 e. The molecule has 0 saturated carbocycles. The first-order valence-corrected chi connectivity index (χ1v) is 13.1. The van der Waals surface area contributed by atoms with Crippen LogP contribution in [-0.2, 0) is 37.1 Å². The van der Waals surface area contributed by atoms with Crippen molar-refractivity contribution in [1.29, 1.82) is 0 Å². The first kappa shape index (κ1) is 26.4. The van der Waals surface area contributed by atoms with Crippen molar-refractivity contribution >= 4 is 22.8 Å². The van der Waals surface area contributed by atoms with Crippen LogP contribution >= 0.6 is 0 Å². The number of fused-ring (bicyclic) bond motifs is 1. The first-order chi connectivity index (χ1) is 16.9. The van der Waals surface area contributed by atoms with Gasteiger partial charge in [-0.05, 0) is 36.8 Å². The molecule has 8 heteroatoms. The second-order valence-electron chi connectivity index (χ2n) is 9.03. The largest absolute Gasteiger partial charge is 0.330 e. The molecule has 190 valence electrons. The number of aromatic nitrogens is 4. The number of rotatable bonds is 13. The highest BCUT2D eigenvalue weighted by Crippen LogP contribution is 2.23. The van der Waals surface area contributed by atoms with Crippen molar-refractivity contribution < 1.29 is 4.79 Å². The zero-order valence-electron chi connectivity index (χ0n) is 21.6. The summed E-state index contributed by atoms with van der Waals surface area (Å²) in [6.45, 7) is 9.49. The van der Waals surface area contributed by atoms with E-state index in [2.05, 4.69) is 38.0 Å². The number of aromatic amines is 1. The minimum absolute atomic E-state index is 0.0787. The van der Waals surface area contributed by atoms with Crippen LogP contribution in [0.1, 0.15) is 83.2 Å². The Labute approximate surface area is 206 Å². The number of para-hydroxylation sites is 1. The van der Waals surface area contributed by atoms with Gasteiger partial charge in [0.25, 0.3) is 5.56 Å². The number of aryl methyl sites for hydroxylation is 5. The molecule has 0 atom stereocenters. The Balaban J connectivity index is 1.92. The van der Waals surface area contributed by atoms with E-state index in [0.717, 1.165) is 61.8 Å². The number of nitrogens with one attached hydrogen (secondary N) is 2. The summed E-state index contributed by atoms with van der Waals surface area (Å²) in [6.07, 6.45) is 7.05. The molecule has 0 fully saturated rings. The van der Waals surface area contributed by atoms with Crippen LogP contribution in [0.3, 0.4) is 0 Å². The number of carbonyl (C=O) groups is 1. The van der Waals surface area contributed by atoms with Gasteiger partial charge >= 0.3 is 5.69 Å². The van der Waals surface area contributed by atoms with Crippen LogP contribution in [0.4, 0.5) is 5.69 Å². The molecule has 0 spiro atoms. The molecule has 0 unspecified atom stereocenters. The number of H-pyrrole nitrogens is 1. The summed E-state index contributed by atoms with van der Waals surface area (Å²) in [4.78, 5) is 45.5. The van der Waals surface area contributed by atoms with Crippen molar-refractivity contribution in [1.82, 2.24) is 19.1 Å². The molecule has 3 aromatic rings. The molecule has 0 saturated heterocycles. The fourth-order valence-corrected chi connectivity index (χ4v) is 4.52. The highest BCUT2D eigenvalue weighted by atomic mass is 16.2. The van der Waals surface area contributed by atoms with Crippen LogP contribution in [0.2, 0.25) is 0 Å². The summed E-state index contributed by atoms with van der Waals surface area (Å²) in [6, 6.07) is 6.12. The lowest BCUT2D eigenvalue weighted by Crippen LogP contribution is -2.31. The molecule has 2 heterocycles. The second kappa shape index (κ2) is 12.5. The normalized spacial score (nSPS) is 11.3. The van der Waals surface area contributed by atoms with Gasteiger partial charge in [-0.1, -0.05) is 65.2 Å². The maximum absolute atomic E-state index is 13.0.